The van der Waals surface area contributed by atoms with Crippen LogP contribution in [0.25, 0.3) is 17.0 Å². The summed E-state index contributed by atoms with van der Waals surface area (Å²) < 4.78 is 6.86. The predicted octanol–water partition coefficient (Wildman–Crippen LogP) is 4.15. The van der Waals surface area contributed by atoms with Gasteiger partial charge in [-0.05, 0) is 28.4 Å². The molecule has 0 N–H and O–H groups in total. The molecule has 0 unspecified atom stereocenters. The summed E-state index contributed by atoms with van der Waals surface area (Å²) in [7, 11) is 0. The molecule has 2 heteroatoms. The second kappa shape index (κ2) is 2.99. The number of para-hydroxylation sites is 1. The standard InChI is InChI=1S/C12H9BrO/c13-10-6-3-5-9-8-4-1-2-7-11(8)14-12(9)10/h1,3-6H,2,7H2. The SMILES string of the molecule is Brc1cccc2c3c(oc12)CCC=C3. The maximum Gasteiger partial charge on any atom is 0.149 e. The summed E-state index contributed by atoms with van der Waals surface area (Å²) in [4.78, 5) is 0. The number of furan rings is 1. The van der Waals surface area contributed by atoms with Gasteiger partial charge in [0.05, 0.1) is 4.47 Å². The minimum atomic E-state index is 0.976. The summed E-state index contributed by atoms with van der Waals surface area (Å²) in [6.07, 6.45) is 6.48. The fourth-order valence-corrected chi connectivity index (χ4v) is 2.38. The molecule has 0 aliphatic heterocycles. The van der Waals surface area contributed by atoms with Crippen LogP contribution in [0, 0.1) is 0 Å². The summed E-state index contributed by atoms with van der Waals surface area (Å²) in [5, 5.41) is 1.21. The third-order valence-electron chi connectivity index (χ3n) is 2.61. The van der Waals surface area contributed by atoms with Gasteiger partial charge in [0.25, 0.3) is 0 Å². The molecule has 1 heterocycles. The molecule has 0 fully saturated rings. The molecule has 0 atom stereocenters. The van der Waals surface area contributed by atoms with Crippen molar-refractivity contribution in [2.45, 2.75) is 12.8 Å². The van der Waals surface area contributed by atoms with E-state index in [0.717, 1.165) is 28.7 Å². The number of halogens is 1. The highest BCUT2D eigenvalue weighted by atomic mass is 79.9. The molecular formula is C12H9BrO. The average Bonchev–Trinajstić information content (AvgIpc) is 2.59. The summed E-state index contributed by atoms with van der Waals surface area (Å²) in [5.41, 5.74) is 2.23. The molecule has 0 bridgehead atoms. The Morgan fingerprint density at radius 3 is 3.14 bits per heavy atom. The second-order valence-electron chi connectivity index (χ2n) is 3.50. The lowest BCUT2D eigenvalue weighted by Crippen LogP contribution is -1.87. The molecule has 1 aliphatic rings. The minimum Gasteiger partial charge on any atom is -0.459 e. The summed E-state index contributed by atoms with van der Waals surface area (Å²) in [6.45, 7) is 0. The quantitative estimate of drug-likeness (QED) is 0.683. The van der Waals surface area contributed by atoms with E-state index in [0.29, 0.717) is 0 Å². The van der Waals surface area contributed by atoms with Gasteiger partial charge in [-0.1, -0.05) is 24.3 Å². The normalized spacial score (nSPS) is 14.6. The van der Waals surface area contributed by atoms with E-state index in [1.54, 1.807) is 0 Å². The van der Waals surface area contributed by atoms with Crippen LogP contribution in [0.4, 0.5) is 0 Å². The highest BCUT2D eigenvalue weighted by Gasteiger charge is 2.15. The zero-order valence-corrected chi connectivity index (χ0v) is 9.17. The van der Waals surface area contributed by atoms with Crippen LogP contribution in [0.5, 0.6) is 0 Å². The van der Waals surface area contributed by atoms with E-state index in [9.17, 15) is 0 Å². The van der Waals surface area contributed by atoms with E-state index >= 15 is 0 Å². The largest absolute Gasteiger partial charge is 0.459 e. The van der Waals surface area contributed by atoms with Crippen molar-refractivity contribution in [3.8, 4) is 0 Å². The Morgan fingerprint density at radius 2 is 2.21 bits per heavy atom. The van der Waals surface area contributed by atoms with Gasteiger partial charge in [0.2, 0.25) is 0 Å². The molecule has 1 aromatic heterocycles. The van der Waals surface area contributed by atoms with Crippen LogP contribution >= 0.6 is 15.9 Å². The van der Waals surface area contributed by atoms with Gasteiger partial charge in [0, 0.05) is 17.4 Å². The van der Waals surface area contributed by atoms with E-state index in [1.807, 2.05) is 12.1 Å². The van der Waals surface area contributed by atoms with E-state index < -0.39 is 0 Å². The predicted molar refractivity (Wildman–Crippen MR) is 61.3 cm³/mol. The molecule has 1 nitrogen and oxygen atoms in total. The summed E-state index contributed by atoms with van der Waals surface area (Å²) in [6, 6.07) is 6.17. The molecule has 0 amide bonds. The Morgan fingerprint density at radius 1 is 1.29 bits per heavy atom. The number of allylic oxidation sites excluding steroid dienone is 1. The maximum absolute atomic E-state index is 5.82. The van der Waals surface area contributed by atoms with Gasteiger partial charge in [0.15, 0.2) is 0 Å². The number of aryl methyl sites for hydroxylation is 1. The first-order valence-corrected chi connectivity index (χ1v) is 5.52. The molecule has 2 aromatic rings. The maximum atomic E-state index is 5.82. The van der Waals surface area contributed by atoms with Crippen molar-refractivity contribution < 1.29 is 4.42 Å². The molecule has 1 aromatic carbocycles. The number of benzene rings is 1. The van der Waals surface area contributed by atoms with Gasteiger partial charge in [-0.25, -0.2) is 0 Å². The second-order valence-corrected chi connectivity index (χ2v) is 4.35. The van der Waals surface area contributed by atoms with Crippen LogP contribution in [-0.2, 0) is 6.42 Å². The average molecular weight is 249 g/mol. The van der Waals surface area contributed by atoms with E-state index in [1.165, 1.54) is 10.9 Å². The fourth-order valence-electron chi connectivity index (χ4n) is 1.94. The molecule has 3 rings (SSSR count). The molecule has 1 aliphatic carbocycles. The number of hydrogen-bond donors (Lipinski definition) is 0. The van der Waals surface area contributed by atoms with Crippen LogP contribution < -0.4 is 0 Å². The molecular weight excluding hydrogens is 240 g/mol. The first kappa shape index (κ1) is 8.30. The van der Waals surface area contributed by atoms with E-state index in [-0.39, 0.29) is 0 Å². The third-order valence-corrected chi connectivity index (χ3v) is 3.23. The van der Waals surface area contributed by atoms with Crippen LogP contribution in [0.1, 0.15) is 17.7 Å². The zero-order valence-electron chi connectivity index (χ0n) is 7.59. The van der Waals surface area contributed by atoms with Crippen LogP contribution in [0.2, 0.25) is 0 Å². The van der Waals surface area contributed by atoms with Gasteiger partial charge in [-0.3, -0.25) is 0 Å². The van der Waals surface area contributed by atoms with Gasteiger partial charge in [-0.2, -0.15) is 0 Å². The molecule has 14 heavy (non-hydrogen) atoms. The van der Waals surface area contributed by atoms with Crippen LogP contribution in [0.3, 0.4) is 0 Å². The highest BCUT2D eigenvalue weighted by molar-refractivity contribution is 9.10. The Labute approximate surface area is 90.5 Å². The van der Waals surface area contributed by atoms with E-state index in [2.05, 4.69) is 34.1 Å². The van der Waals surface area contributed by atoms with Gasteiger partial charge >= 0.3 is 0 Å². The first-order chi connectivity index (χ1) is 6.86. The monoisotopic (exact) mass is 248 g/mol. The fraction of sp³-hybridized carbons (Fsp3) is 0.167. The molecule has 0 saturated heterocycles. The van der Waals surface area contributed by atoms with Crippen molar-refractivity contribution in [3.05, 3.63) is 40.1 Å². The summed E-state index contributed by atoms with van der Waals surface area (Å²) in [5.74, 6) is 1.12. The van der Waals surface area contributed by atoms with Gasteiger partial charge in [0.1, 0.15) is 11.3 Å². The van der Waals surface area contributed by atoms with Gasteiger partial charge < -0.3 is 4.42 Å². The van der Waals surface area contributed by atoms with Gasteiger partial charge in [-0.15, -0.1) is 0 Å². The molecule has 70 valence electrons. The van der Waals surface area contributed by atoms with Crippen molar-refractivity contribution >= 4 is 33.0 Å². The molecule has 0 spiro atoms. The number of fused-ring (bicyclic) bond motifs is 3. The molecule has 0 saturated carbocycles. The Balaban J connectivity index is 2.43. The van der Waals surface area contributed by atoms with Crippen LogP contribution in [0.15, 0.2) is 33.2 Å². The van der Waals surface area contributed by atoms with Crippen LogP contribution in [-0.4, -0.2) is 0 Å². The zero-order chi connectivity index (χ0) is 9.54. The Kier molecular flexibility index (Phi) is 1.77. The lowest BCUT2D eigenvalue weighted by atomic mass is 10.0. The number of hydrogen-bond acceptors (Lipinski definition) is 1. The number of rotatable bonds is 0. The Bertz CT molecular complexity index is 522. The third kappa shape index (κ3) is 1.07. The van der Waals surface area contributed by atoms with Crippen molar-refractivity contribution in [2.75, 3.05) is 0 Å². The lowest BCUT2D eigenvalue weighted by Gasteiger charge is -2.00. The van der Waals surface area contributed by atoms with Crippen molar-refractivity contribution in [1.29, 1.82) is 0 Å². The highest BCUT2D eigenvalue weighted by Crippen LogP contribution is 2.34. The lowest BCUT2D eigenvalue weighted by molar-refractivity contribution is 0.545. The minimum absolute atomic E-state index is 0.976. The van der Waals surface area contributed by atoms with Crippen molar-refractivity contribution in [3.63, 3.8) is 0 Å². The van der Waals surface area contributed by atoms with E-state index in [4.69, 9.17) is 4.42 Å². The smallest absolute Gasteiger partial charge is 0.149 e. The first-order valence-electron chi connectivity index (χ1n) is 4.73. The van der Waals surface area contributed by atoms with Crippen molar-refractivity contribution in [1.82, 2.24) is 0 Å². The molecule has 0 radical (unpaired) electrons. The topological polar surface area (TPSA) is 13.1 Å². The van der Waals surface area contributed by atoms with Crippen molar-refractivity contribution in [2.24, 2.45) is 0 Å². The Hall–Kier alpha value is -1.02. The summed E-state index contributed by atoms with van der Waals surface area (Å²) >= 11 is 3.51.